The third-order valence-electron chi connectivity index (χ3n) is 4.89. The first-order valence-corrected chi connectivity index (χ1v) is 8.44. The molecule has 1 aliphatic carbocycles. The SMILES string of the molecule is COC(=O)Cc1c(C)n(C(=O)OCC2CCCC2)c2ccccc12. The Labute approximate surface area is 141 Å². The molecule has 1 aromatic heterocycles. The highest BCUT2D eigenvalue weighted by Crippen LogP contribution is 2.28. The fourth-order valence-electron chi connectivity index (χ4n) is 3.54. The number of hydrogen-bond donors (Lipinski definition) is 0. The predicted octanol–water partition coefficient (Wildman–Crippen LogP) is 3.84. The number of carbonyl (C=O) groups excluding carboxylic acids is 2. The van der Waals surface area contributed by atoms with Crippen molar-refractivity contribution in [2.45, 2.75) is 39.0 Å². The second kappa shape index (κ2) is 7.07. The van der Waals surface area contributed by atoms with E-state index in [1.54, 1.807) is 4.57 Å². The largest absolute Gasteiger partial charge is 0.469 e. The van der Waals surface area contributed by atoms with Crippen LogP contribution in [0.4, 0.5) is 4.79 Å². The van der Waals surface area contributed by atoms with Crippen LogP contribution in [0.1, 0.15) is 36.9 Å². The number of esters is 1. The number of rotatable bonds is 4. The first kappa shape index (κ1) is 16.6. The van der Waals surface area contributed by atoms with E-state index in [0.29, 0.717) is 12.5 Å². The Morgan fingerprint density at radius 3 is 2.62 bits per heavy atom. The van der Waals surface area contributed by atoms with Crippen LogP contribution in [-0.2, 0) is 20.7 Å². The number of hydrogen-bond acceptors (Lipinski definition) is 4. The van der Waals surface area contributed by atoms with Crippen LogP contribution >= 0.6 is 0 Å². The normalized spacial score (nSPS) is 14.9. The van der Waals surface area contributed by atoms with Gasteiger partial charge in [-0.25, -0.2) is 9.36 Å². The molecule has 1 aromatic carbocycles. The van der Waals surface area contributed by atoms with E-state index in [1.807, 2.05) is 31.2 Å². The van der Waals surface area contributed by atoms with Gasteiger partial charge in [0.15, 0.2) is 0 Å². The summed E-state index contributed by atoms with van der Waals surface area (Å²) >= 11 is 0. The molecule has 1 fully saturated rings. The van der Waals surface area contributed by atoms with Crippen LogP contribution in [0, 0.1) is 12.8 Å². The molecule has 0 bridgehead atoms. The molecule has 1 aliphatic rings. The maximum atomic E-state index is 12.6. The highest BCUT2D eigenvalue weighted by molar-refractivity contribution is 5.95. The van der Waals surface area contributed by atoms with E-state index < -0.39 is 0 Å². The van der Waals surface area contributed by atoms with Crippen LogP contribution in [0.3, 0.4) is 0 Å². The summed E-state index contributed by atoms with van der Waals surface area (Å²) in [7, 11) is 1.37. The molecule has 0 spiro atoms. The van der Waals surface area contributed by atoms with Crippen molar-refractivity contribution < 1.29 is 19.1 Å². The summed E-state index contributed by atoms with van der Waals surface area (Å²) in [6, 6.07) is 7.57. The van der Waals surface area contributed by atoms with Gasteiger partial charge in [0.1, 0.15) is 0 Å². The van der Waals surface area contributed by atoms with Gasteiger partial charge in [-0.3, -0.25) is 4.79 Å². The molecule has 1 heterocycles. The summed E-state index contributed by atoms with van der Waals surface area (Å²) in [5.41, 5.74) is 2.32. The highest BCUT2D eigenvalue weighted by atomic mass is 16.5. The Morgan fingerprint density at radius 2 is 1.92 bits per heavy atom. The molecule has 0 unspecified atom stereocenters. The van der Waals surface area contributed by atoms with Crippen LogP contribution in [0.5, 0.6) is 0 Å². The van der Waals surface area contributed by atoms with Gasteiger partial charge in [-0.1, -0.05) is 31.0 Å². The van der Waals surface area contributed by atoms with E-state index in [1.165, 1.54) is 20.0 Å². The third kappa shape index (κ3) is 3.16. The average molecular weight is 329 g/mol. The van der Waals surface area contributed by atoms with Crippen molar-refractivity contribution in [1.29, 1.82) is 0 Å². The Morgan fingerprint density at radius 1 is 1.21 bits per heavy atom. The molecule has 5 heteroatoms. The van der Waals surface area contributed by atoms with Gasteiger partial charge in [0, 0.05) is 11.1 Å². The Hall–Kier alpha value is -2.30. The van der Waals surface area contributed by atoms with Gasteiger partial charge >= 0.3 is 12.1 Å². The van der Waals surface area contributed by atoms with Crippen LogP contribution in [0.15, 0.2) is 24.3 Å². The van der Waals surface area contributed by atoms with Gasteiger partial charge < -0.3 is 9.47 Å². The van der Waals surface area contributed by atoms with Crippen molar-refractivity contribution in [2.75, 3.05) is 13.7 Å². The monoisotopic (exact) mass is 329 g/mol. The van der Waals surface area contributed by atoms with Crippen molar-refractivity contribution >= 4 is 23.0 Å². The maximum Gasteiger partial charge on any atom is 0.418 e. The number of nitrogens with zero attached hydrogens (tertiary/aromatic N) is 1. The molecular weight excluding hydrogens is 306 g/mol. The third-order valence-corrected chi connectivity index (χ3v) is 4.89. The second-order valence-corrected chi connectivity index (χ2v) is 6.40. The van der Waals surface area contributed by atoms with Gasteiger partial charge in [0.2, 0.25) is 0 Å². The molecule has 2 aromatic rings. The lowest BCUT2D eigenvalue weighted by molar-refractivity contribution is -0.139. The van der Waals surface area contributed by atoms with Gasteiger partial charge in [-0.2, -0.15) is 0 Å². The quantitative estimate of drug-likeness (QED) is 0.800. The predicted molar refractivity (Wildman–Crippen MR) is 91.1 cm³/mol. The number of carbonyl (C=O) groups is 2. The summed E-state index contributed by atoms with van der Waals surface area (Å²) in [6.45, 7) is 2.31. The first-order valence-electron chi connectivity index (χ1n) is 8.44. The van der Waals surface area contributed by atoms with Gasteiger partial charge in [-0.05, 0) is 37.3 Å². The molecule has 1 saturated carbocycles. The molecule has 0 atom stereocenters. The highest BCUT2D eigenvalue weighted by Gasteiger charge is 2.23. The Kier molecular flexibility index (Phi) is 4.88. The van der Waals surface area contributed by atoms with E-state index >= 15 is 0 Å². The Balaban J connectivity index is 1.90. The number of fused-ring (bicyclic) bond motifs is 1. The van der Waals surface area contributed by atoms with Gasteiger partial charge in [0.25, 0.3) is 0 Å². The van der Waals surface area contributed by atoms with Crippen molar-refractivity contribution in [2.24, 2.45) is 5.92 Å². The minimum Gasteiger partial charge on any atom is -0.469 e. The zero-order valence-corrected chi connectivity index (χ0v) is 14.2. The van der Waals surface area contributed by atoms with Crippen molar-refractivity contribution in [3.63, 3.8) is 0 Å². The van der Waals surface area contributed by atoms with E-state index in [0.717, 1.165) is 35.0 Å². The molecule has 5 nitrogen and oxygen atoms in total. The Bertz CT molecular complexity index is 756. The topological polar surface area (TPSA) is 57.5 Å². The van der Waals surface area contributed by atoms with E-state index in [2.05, 4.69) is 0 Å². The van der Waals surface area contributed by atoms with Crippen molar-refractivity contribution in [3.8, 4) is 0 Å². The van der Waals surface area contributed by atoms with Crippen LogP contribution in [0.25, 0.3) is 10.9 Å². The number of methoxy groups -OCH3 is 1. The number of ether oxygens (including phenoxy) is 2. The molecule has 24 heavy (non-hydrogen) atoms. The first-order chi connectivity index (χ1) is 11.6. The molecule has 3 rings (SSSR count). The lowest BCUT2D eigenvalue weighted by Gasteiger charge is -2.12. The van der Waals surface area contributed by atoms with Crippen molar-refractivity contribution in [3.05, 3.63) is 35.5 Å². The molecule has 0 aliphatic heterocycles. The number of aromatic nitrogens is 1. The van der Waals surface area contributed by atoms with Gasteiger partial charge in [-0.15, -0.1) is 0 Å². The lowest BCUT2D eigenvalue weighted by atomic mass is 10.1. The van der Waals surface area contributed by atoms with Gasteiger partial charge in [0.05, 0.1) is 25.7 Å². The van der Waals surface area contributed by atoms with Crippen LogP contribution < -0.4 is 0 Å². The fourth-order valence-corrected chi connectivity index (χ4v) is 3.54. The molecular formula is C19H23NO4. The van der Waals surface area contributed by atoms with Crippen LogP contribution in [-0.4, -0.2) is 30.3 Å². The zero-order valence-electron chi connectivity index (χ0n) is 14.2. The smallest absolute Gasteiger partial charge is 0.418 e. The summed E-state index contributed by atoms with van der Waals surface area (Å²) in [5, 5.41) is 0.887. The fraction of sp³-hybridized carbons (Fsp3) is 0.474. The average Bonchev–Trinajstić information content (AvgIpc) is 3.20. The molecule has 0 saturated heterocycles. The molecule has 0 N–H and O–H groups in total. The number of para-hydroxylation sites is 1. The standard InChI is InChI=1S/C19H23NO4/c1-13-16(11-18(21)23-2)15-9-5-6-10-17(15)20(13)19(22)24-12-14-7-3-4-8-14/h5-6,9-10,14H,3-4,7-8,11-12H2,1-2H3. The maximum absolute atomic E-state index is 12.6. The minimum atomic E-state index is -0.369. The van der Waals surface area contributed by atoms with E-state index in [9.17, 15) is 9.59 Å². The summed E-state index contributed by atoms with van der Waals surface area (Å²) < 4.78 is 11.9. The molecule has 0 radical (unpaired) electrons. The van der Waals surface area contributed by atoms with Crippen molar-refractivity contribution in [1.82, 2.24) is 4.57 Å². The minimum absolute atomic E-state index is 0.145. The zero-order chi connectivity index (χ0) is 17.1. The molecule has 0 amide bonds. The summed E-state index contributed by atoms with van der Waals surface area (Å²) in [6.07, 6.45) is 4.48. The lowest BCUT2D eigenvalue weighted by Crippen LogP contribution is -2.19. The van der Waals surface area contributed by atoms with Crippen LogP contribution in [0.2, 0.25) is 0 Å². The molecule has 128 valence electrons. The summed E-state index contributed by atoms with van der Waals surface area (Å²) in [5.74, 6) is 0.158. The second-order valence-electron chi connectivity index (χ2n) is 6.40. The summed E-state index contributed by atoms with van der Waals surface area (Å²) in [4.78, 5) is 24.3. The van der Waals surface area contributed by atoms with E-state index in [-0.39, 0.29) is 18.5 Å². The van der Waals surface area contributed by atoms with E-state index in [4.69, 9.17) is 9.47 Å². The number of benzene rings is 1.